The van der Waals surface area contributed by atoms with Gasteiger partial charge >= 0.3 is 0 Å². The van der Waals surface area contributed by atoms with E-state index in [4.69, 9.17) is 5.26 Å². The summed E-state index contributed by atoms with van der Waals surface area (Å²) in [7, 11) is -1.43. The van der Waals surface area contributed by atoms with Crippen LogP contribution in [0.4, 0.5) is 0 Å². The number of sulfonamides is 1. The van der Waals surface area contributed by atoms with Gasteiger partial charge in [0.15, 0.2) is 5.25 Å². The Labute approximate surface area is 85.0 Å². The third kappa shape index (κ3) is 2.23. The minimum atomic E-state index is -3.39. The first kappa shape index (κ1) is 11.4. The lowest BCUT2D eigenvalue weighted by Gasteiger charge is -2.32. The van der Waals surface area contributed by atoms with Gasteiger partial charge in [-0.25, -0.2) is 8.42 Å². The van der Waals surface area contributed by atoms with Crippen LogP contribution in [-0.4, -0.2) is 56.1 Å². The van der Waals surface area contributed by atoms with E-state index in [1.807, 2.05) is 7.05 Å². The number of hydrogen-bond acceptors (Lipinski definition) is 4. The fourth-order valence-corrected chi connectivity index (χ4v) is 2.59. The van der Waals surface area contributed by atoms with Gasteiger partial charge in [0.05, 0.1) is 6.07 Å². The highest BCUT2D eigenvalue weighted by molar-refractivity contribution is 7.89. The van der Waals surface area contributed by atoms with E-state index in [0.29, 0.717) is 13.1 Å². The molecule has 1 aliphatic rings. The van der Waals surface area contributed by atoms with Gasteiger partial charge in [-0.2, -0.15) is 9.57 Å². The average Bonchev–Trinajstić information content (AvgIpc) is 2.17. The van der Waals surface area contributed by atoms with Crippen molar-refractivity contribution in [2.24, 2.45) is 0 Å². The molecule has 0 radical (unpaired) electrons. The van der Waals surface area contributed by atoms with E-state index >= 15 is 0 Å². The van der Waals surface area contributed by atoms with Crippen molar-refractivity contribution in [3.05, 3.63) is 0 Å². The van der Waals surface area contributed by atoms with Crippen molar-refractivity contribution in [1.82, 2.24) is 9.21 Å². The first-order chi connectivity index (χ1) is 6.48. The van der Waals surface area contributed by atoms with Gasteiger partial charge in [0.25, 0.3) is 0 Å². The highest BCUT2D eigenvalue weighted by Gasteiger charge is 2.30. The minimum Gasteiger partial charge on any atom is -0.304 e. The van der Waals surface area contributed by atoms with Crippen LogP contribution in [0, 0.1) is 11.3 Å². The summed E-state index contributed by atoms with van der Waals surface area (Å²) in [6.07, 6.45) is 0. The molecule has 14 heavy (non-hydrogen) atoms. The molecule has 0 aromatic rings. The van der Waals surface area contributed by atoms with E-state index < -0.39 is 15.3 Å². The molecule has 0 N–H and O–H groups in total. The zero-order chi connectivity index (χ0) is 10.8. The van der Waals surface area contributed by atoms with Crippen LogP contribution in [-0.2, 0) is 10.0 Å². The average molecular weight is 217 g/mol. The molecule has 5 nitrogen and oxygen atoms in total. The van der Waals surface area contributed by atoms with Crippen molar-refractivity contribution in [1.29, 1.82) is 5.26 Å². The van der Waals surface area contributed by atoms with Crippen LogP contribution in [0.25, 0.3) is 0 Å². The summed E-state index contributed by atoms with van der Waals surface area (Å²) in [5.41, 5.74) is 0. The Morgan fingerprint density at radius 3 is 2.21 bits per heavy atom. The summed E-state index contributed by atoms with van der Waals surface area (Å²) in [6.45, 7) is 3.87. The first-order valence-corrected chi connectivity index (χ1v) is 6.06. The molecule has 1 atom stereocenters. The second-order valence-corrected chi connectivity index (χ2v) is 5.77. The van der Waals surface area contributed by atoms with Crippen LogP contribution in [0.5, 0.6) is 0 Å². The molecule has 0 aromatic heterocycles. The smallest absolute Gasteiger partial charge is 0.230 e. The van der Waals surface area contributed by atoms with Gasteiger partial charge in [0.2, 0.25) is 10.0 Å². The third-order valence-electron chi connectivity index (χ3n) is 2.45. The lowest BCUT2D eigenvalue weighted by atomic mass is 10.4. The molecule has 1 saturated heterocycles. The van der Waals surface area contributed by atoms with Crippen LogP contribution in [0.15, 0.2) is 0 Å². The van der Waals surface area contributed by atoms with Gasteiger partial charge in [0.1, 0.15) is 0 Å². The Hall–Kier alpha value is -0.640. The standard InChI is InChI=1S/C8H15N3O2S/c1-8(7-9)14(12,13)11-5-3-10(2)4-6-11/h8H,3-6H2,1-2H3. The van der Waals surface area contributed by atoms with Gasteiger partial charge < -0.3 is 4.90 Å². The van der Waals surface area contributed by atoms with Gasteiger partial charge in [-0.15, -0.1) is 0 Å². The van der Waals surface area contributed by atoms with E-state index in [9.17, 15) is 8.42 Å². The summed E-state index contributed by atoms with van der Waals surface area (Å²) < 4.78 is 24.8. The summed E-state index contributed by atoms with van der Waals surface area (Å²) in [4.78, 5) is 2.07. The van der Waals surface area contributed by atoms with Crippen molar-refractivity contribution >= 4 is 10.0 Å². The predicted molar refractivity (Wildman–Crippen MR) is 53.1 cm³/mol. The van der Waals surface area contributed by atoms with Gasteiger partial charge in [-0.3, -0.25) is 0 Å². The van der Waals surface area contributed by atoms with Crippen LogP contribution >= 0.6 is 0 Å². The SMILES string of the molecule is CC(C#N)S(=O)(=O)N1CCN(C)CC1. The summed E-state index contributed by atoms with van der Waals surface area (Å²) in [5, 5.41) is 7.65. The first-order valence-electron chi connectivity index (χ1n) is 4.55. The van der Waals surface area contributed by atoms with Crippen LogP contribution in [0.2, 0.25) is 0 Å². The number of rotatable bonds is 2. The molecule has 0 bridgehead atoms. The molecule has 6 heteroatoms. The van der Waals surface area contributed by atoms with Crippen molar-refractivity contribution in [3.8, 4) is 6.07 Å². The zero-order valence-corrected chi connectivity index (χ0v) is 9.29. The molecule has 1 unspecified atom stereocenters. The van der Waals surface area contributed by atoms with Crippen molar-refractivity contribution in [2.75, 3.05) is 33.2 Å². The highest BCUT2D eigenvalue weighted by atomic mass is 32.2. The van der Waals surface area contributed by atoms with E-state index in [-0.39, 0.29) is 0 Å². The summed E-state index contributed by atoms with van der Waals surface area (Å²) >= 11 is 0. The third-order valence-corrected chi connectivity index (χ3v) is 4.53. The second kappa shape index (κ2) is 4.26. The predicted octanol–water partition coefficient (Wildman–Crippen LogP) is -0.524. The lowest BCUT2D eigenvalue weighted by molar-refractivity contribution is 0.222. The molecule has 0 aliphatic carbocycles. The number of nitriles is 1. The van der Waals surface area contributed by atoms with Crippen LogP contribution < -0.4 is 0 Å². The number of hydrogen-bond donors (Lipinski definition) is 0. The molecule has 1 rings (SSSR count). The normalized spacial score (nSPS) is 22.9. The van der Waals surface area contributed by atoms with Crippen LogP contribution in [0.3, 0.4) is 0 Å². The Morgan fingerprint density at radius 2 is 1.79 bits per heavy atom. The number of piperazine rings is 1. The molecular weight excluding hydrogens is 202 g/mol. The second-order valence-electron chi connectivity index (χ2n) is 3.52. The molecule has 80 valence electrons. The Bertz CT molecular complexity index is 325. The van der Waals surface area contributed by atoms with Crippen molar-refractivity contribution in [2.45, 2.75) is 12.2 Å². The van der Waals surface area contributed by atoms with Crippen molar-refractivity contribution < 1.29 is 8.42 Å². The largest absolute Gasteiger partial charge is 0.304 e. The Morgan fingerprint density at radius 1 is 1.29 bits per heavy atom. The summed E-state index contributed by atoms with van der Waals surface area (Å²) in [5.74, 6) is 0. The molecule has 0 saturated carbocycles. The highest BCUT2D eigenvalue weighted by Crippen LogP contribution is 2.11. The topological polar surface area (TPSA) is 64.4 Å². The Kier molecular flexibility index (Phi) is 3.48. The quantitative estimate of drug-likeness (QED) is 0.624. The molecular formula is C8H15N3O2S. The Balaban J connectivity index is 2.71. The number of likely N-dealkylation sites (N-methyl/N-ethyl adjacent to an activating group) is 1. The van der Waals surface area contributed by atoms with E-state index in [0.717, 1.165) is 13.1 Å². The molecule has 0 aromatic carbocycles. The van der Waals surface area contributed by atoms with E-state index in [1.54, 1.807) is 6.07 Å². The van der Waals surface area contributed by atoms with Gasteiger partial charge in [-0.1, -0.05) is 0 Å². The molecule has 1 heterocycles. The minimum absolute atomic E-state index is 0.491. The maximum atomic E-state index is 11.7. The van der Waals surface area contributed by atoms with Crippen LogP contribution in [0.1, 0.15) is 6.92 Å². The maximum Gasteiger partial charge on any atom is 0.230 e. The fourth-order valence-electron chi connectivity index (χ4n) is 1.33. The van der Waals surface area contributed by atoms with Gasteiger partial charge in [-0.05, 0) is 14.0 Å². The lowest BCUT2D eigenvalue weighted by Crippen LogP contribution is -2.49. The summed E-state index contributed by atoms with van der Waals surface area (Å²) in [6, 6.07) is 1.77. The van der Waals surface area contributed by atoms with Crippen molar-refractivity contribution in [3.63, 3.8) is 0 Å². The number of nitrogens with zero attached hydrogens (tertiary/aromatic N) is 3. The molecule has 1 fully saturated rings. The molecule has 0 spiro atoms. The van der Waals surface area contributed by atoms with E-state index in [2.05, 4.69) is 4.90 Å². The molecule has 1 aliphatic heterocycles. The fraction of sp³-hybridized carbons (Fsp3) is 0.875. The maximum absolute atomic E-state index is 11.7. The zero-order valence-electron chi connectivity index (χ0n) is 8.47. The molecule has 0 amide bonds. The van der Waals surface area contributed by atoms with Gasteiger partial charge in [0, 0.05) is 26.2 Å². The van der Waals surface area contributed by atoms with E-state index in [1.165, 1.54) is 11.2 Å². The monoisotopic (exact) mass is 217 g/mol.